The molecule has 0 spiro atoms. The van der Waals surface area contributed by atoms with Gasteiger partial charge in [-0.3, -0.25) is 9.59 Å². The van der Waals surface area contributed by atoms with E-state index in [4.69, 9.17) is 0 Å². The van der Waals surface area contributed by atoms with E-state index in [0.717, 1.165) is 75.4 Å². The van der Waals surface area contributed by atoms with Gasteiger partial charge in [0.25, 0.3) is 0 Å². The fourth-order valence-electron chi connectivity index (χ4n) is 5.96. The van der Waals surface area contributed by atoms with Gasteiger partial charge in [0.05, 0.1) is 0 Å². The average Bonchev–Trinajstić information content (AvgIpc) is 2.96. The van der Waals surface area contributed by atoms with Crippen molar-refractivity contribution in [3.8, 4) is 0 Å². The van der Waals surface area contributed by atoms with Crippen molar-refractivity contribution < 1.29 is 0 Å². The topological polar surface area (TPSA) is 34.1 Å². The molecule has 0 atom stereocenters. The summed E-state index contributed by atoms with van der Waals surface area (Å²) < 4.78 is 0. The van der Waals surface area contributed by atoms with Gasteiger partial charge in [-0.1, -0.05) is 88.4 Å². The van der Waals surface area contributed by atoms with Gasteiger partial charge >= 0.3 is 0 Å². The lowest BCUT2D eigenvalue weighted by Gasteiger charge is -2.18. The maximum Gasteiger partial charge on any atom is 0.194 e. The molecule has 0 bridgehead atoms. The van der Waals surface area contributed by atoms with E-state index in [-0.39, 0.29) is 10.9 Å². The van der Waals surface area contributed by atoms with E-state index in [1.54, 1.807) is 0 Å². The lowest BCUT2D eigenvalue weighted by atomic mass is 9.84. The Morgan fingerprint density at radius 1 is 0.361 bits per heavy atom. The Morgan fingerprint density at radius 2 is 0.722 bits per heavy atom. The highest BCUT2D eigenvalue weighted by atomic mass is 16.1. The molecular formula is C34H26O2. The summed E-state index contributed by atoms with van der Waals surface area (Å²) in [6, 6.07) is 28.2. The Kier molecular flexibility index (Phi) is 5.01. The van der Waals surface area contributed by atoms with Crippen LogP contribution in [0, 0.1) is 0 Å². The fourth-order valence-corrected chi connectivity index (χ4v) is 5.96. The van der Waals surface area contributed by atoms with Crippen molar-refractivity contribution >= 4 is 75.4 Å². The van der Waals surface area contributed by atoms with Crippen LogP contribution in [0.1, 0.15) is 27.7 Å². The van der Waals surface area contributed by atoms with Crippen LogP contribution in [0.2, 0.25) is 0 Å². The number of benzene rings is 8. The summed E-state index contributed by atoms with van der Waals surface area (Å²) >= 11 is 0. The fraction of sp³-hybridized carbons (Fsp3) is 0.118. The number of rotatable bonds is 0. The largest absolute Gasteiger partial charge is 0.289 e. The Bertz CT molecular complexity index is 2020. The third kappa shape index (κ3) is 2.67. The van der Waals surface area contributed by atoms with E-state index in [9.17, 15) is 9.59 Å². The molecule has 2 nitrogen and oxygen atoms in total. The molecule has 36 heavy (non-hydrogen) atoms. The van der Waals surface area contributed by atoms with Gasteiger partial charge in [0.2, 0.25) is 0 Å². The minimum absolute atomic E-state index is 0.0694. The van der Waals surface area contributed by atoms with E-state index in [0.29, 0.717) is 0 Å². The molecule has 0 saturated carbocycles. The molecule has 0 N–H and O–H groups in total. The SMILES string of the molecule is CC.CC.O=c1c2ccccc2c2cc3ccc4c(=O)c5ccccc5c5cc6ccc1c2c6c3c45. The van der Waals surface area contributed by atoms with Crippen LogP contribution in [0.4, 0.5) is 0 Å². The summed E-state index contributed by atoms with van der Waals surface area (Å²) in [5, 5.41) is 13.6. The Morgan fingerprint density at radius 3 is 1.11 bits per heavy atom. The molecule has 0 aliphatic rings. The first kappa shape index (κ1) is 22.2. The molecule has 0 aliphatic carbocycles. The second-order valence-electron chi connectivity index (χ2n) is 8.77. The molecule has 0 heterocycles. The molecule has 0 aliphatic heterocycles. The first-order valence-electron chi connectivity index (χ1n) is 12.8. The molecule has 8 aromatic carbocycles. The Labute approximate surface area is 208 Å². The lowest BCUT2D eigenvalue weighted by molar-refractivity contribution is 1.50. The van der Waals surface area contributed by atoms with Gasteiger partial charge in [0.1, 0.15) is 0 Å². The highest BCUT2D eigenvalue weighted by molar-refractivity contribution is 6.40. The lowest BCUT2D eigenvalue weighted by Crippen LogP contribution is -2.06. The van der Waals surface area contributed by atoms with Crippen molar-refractivity contribution in [3.05, 3.63) is 105 Å². The predicted molar refractivity (Wildman–Crippen MR) is 158 cm³/mol. The molecule has 0 radical (unpaired) electrons. The van der Waals surface area contributed by atoms with Crippen molar-refractivity contribution in [2.24, 2.45) is 0 Å². The molecule has 0 fully saturated rings. The van der Waals surface area contributed by atoms with Gasteiger partial charge in [-0.15, -0.1) is 0 Å². The Balaban J connectivity index is 0.000000575. The smallest absolute Gasteiger partial charge is 0.194 e. The number of hydrogen-bond donors (Lipinski definition) is 0. The normalized spacial score (nSPS) is 11.6. The van der Waals surface area contributed by atoms with E-state index in [2.05, 4.69) is 24.3 Å². The van der Waals surface area contributed by atoms with Crippen molar-refractivity contribution in [1.82, 2.24) is 0 Å². The van der Waals surface area contributed by atoms with Crippen LogP contribution >= 0.6 is 0 Å². The maximum absolute atomic E-state index is 13.4. The van der Waals surface area contributed by atoms with E-state index >= 15 is 0 Å². The third-order valence-electron chi connectivity index (χ3n) is 7.28. The van der Waals surface area contributed by atoms with Crippen molar-refractivity contribution in [2.45, 2.75) is 27.7 Å². The van der Waals surface area contributed by atoms with Crippen molar-refractivity contribution in [2.75, 3.05) is 0 Å². The second kappa shape index (κ2) is 8.13. The summed E-state index contributed by atoms with van der Waals surface area (Å²) in [6.45, 7) is 8.00. The first-order chi connectivity index (χ1) is 17.7. The standard InChI is InChI=1S/C30H14O2.2C2H6/c31-29-19-7-3-1-5-17(19)23-13-15-9-12-22-28-24(18-6-2-4-8-20(18)30(22)32)14-16-10-11-21(29)27(23)25(16)26(15)28;2*1-2/h1-14H;2*1-2H3. The van der Waals surface area contributed by atoms with Gasteiger partial charge in [0.15, 0.2) is 10.9 Å². The van der Waals surface area contributed by atoms with Crippen LogP contribution in [0.3, 0.4) is 0 Å². The highest BCUT2D eigenvalue weighted by Crippen LogP contribution is 2.45. The quantitative estimate of drug-likeness (QED) is 0.165. The van der Waals surface area contributed by atoms with Gasteiger partial charge in [-0.05, 0) is 67.4 Å². The summed E-state index contributed by atoms with van der Waals surface area (Å²) in [5.41, 5.74) is 0.139. The van der Waals surface area contributed by atoms with Gasteiger partial charge in [0, 0.05) is 32.3 Å². The maximum atomic E-state index is 13.4. The van der Waals surface area contributed by atoms with Gasteiger partial charge in [-0.25, -0.2) is 0 Å². The van der Waals surface area contributed by atoms with Gasteiger partial charge < -0.3 is 0 Å². The molecule has 0 unspecified atom stereocenters. The predicted octanol–water partition coefficient (Wildman–Crippen LogP) is 8.85. The second-order valence-corrected chi connectivity index (χ2v) is 8.77. The van der Waals surface area contributed by atoms with E-state index in [1.807, 2.05) is 88.4 Å². The molecule has 8 aromatic rings. The molecular weight excluding hydrogens is 440 g/mol. The molecule has 174 valence electrons. The summed E-state index contributed by atoms with van der Waals surface area (Å²) in [7, 11) is 0. The van der Waals surface area contributed by atoms with Crippen molar-refractivity contribution in [1.29, 1.82) is 0 Å². The first-order valence-corrected chi connectivity index (χ1v) is 12.8. The van der Waals surface area contributed by atoms with Crippen LogP contribution < -0.4 is 10.9 Å². The molecule has 2 heteroatoms. The van der Waals surface area contributed by atoms with E-state index in [1.165, 1.54) is 0 Å². The van der Waals surface area contributed by atoms with Crippen LogP contribution in [-0.4, -0.2) is 0 Å². The van der Waals surface area contributed by atoms with Crippen molar-refractivity contribution in [3.63, 3.8) is 0 Å². The zero-order valence-electron chi connectivity index (χ0n) is 20.9. The summed E-state index contributed by atoms with van der Waals surface area (Å²) in [4.78, 5) is 26.8. The van der Waals surface area contributed by atoms with Crippen LogP contribution in [0.25, 0.3) is 75.4 Å². The third-order valence-corrected chi connectivity index (χ3v) is 7.28. The van der Waals surface area contributed by atoms with Gasteiger partial charge in [-0.2, -0.15) is 0 Å². The number of fused-ring (bicyclic) bond motifs is 4. The minimum atomic E-state index is 0.0694. The van der Waals surface area contributed by atoms with Crippen LogP contribution in [0.15, 0.2) is 94.5 Å². The zero-order chi connectivity index (χ0) is 25.1. The molecule has 0 aromatic heterocycles. The Hall–Kier alpha value is -4.30. The summed E-state index contributed by atoms with van der Waals surface area (Å²) in [5.74, 6) is 0. The number of hydrogen-bond acceptors (Lipinski definition) is 2. The highest BCUT2D eigenvalue weighted by Gasteiger charge is 2.21. The van der Waals surface area contributed by atoms with Crippen LogP contribution in [-0.2, 0) is 0 Å². The molecule has 0 amide bonds. The van der Waals surface area contributed by atoms with E-state index < -0.39 is 0 Å². The zero-order valence-corrected chi connectivity index (χ0v) is 20.9. The average molecular weight is 467 g/mol. The summed E-state index contributed by atoms with van der Waals surface area (Å²) in [6.07, 6.45) is 0. The minimum Gasteiger partial charge on any atom is -0.289 e. The monoisotopic (exact) mass is 466 g/mol. The molecule has 0 saturated heterocycles. The molecule has 8 rings (SSSR count). The van der Waals surface area contributed by atoms with Crippen LogP contribution in [0.5, 0.6) is 0 Å².